The molecule has 1 fully saturated rings. The standard InChI is InChI=1S/C15H19FN2O3.ClH/c1-9-3-4-13(12(16)7-9)17-14(19)10(2)18-6-5-11(8-18)15(20)21;/h3-4,7,10-11H,5-6,8H2,1-2H3,(H,17,19)(H,20,21);1H. The Kier molecular flexibility index (Phi) is 6.32. The van der Waals surface area contributed by atoms with E-state index in [4.69, 9.17) is 5.11 Å². The molecule has 1 aliphatic rings. The number of likely N-dealkylation sites (tertiary alicyclic amines) is 1. The van der Waals surface area contributed by atoms with E-state index in [1.54, 1.807) is 24.8 Å². The quantitative estimate of drug-likeness (QED) is 0.888. The van der Waals surface area contributed by atoms with Gasteiger partial charge in [-0.25, -0.2) is 4.39 Å². The number of aryl methyl sites for hydroxylation is 1. The summed E-state index contributed by atoms with van der Waals surface area (Å²) in [6.45, 7) is 4.38. The van der Waals surface area contributed by atoms with E-state index in [-0.39, 0.29) is 24.0 Å². The molecule has 5 nitrogen and oxygen atoms in total. The lowest BCUT2D eigenvalue weighted by Crippen LogP contribution is -2.41. The Morgan fingerprint density at radius 1 is 1.45 bits per heavy atom. The molecule has 0 bridgehead atoms. The Morgan fingerprint density at radius 2 is 2.14 bits per heavy atom. The molecule has 122 valence electrons. The van der Waals surface area contributed by atoms with Gasteiger partial charge in [0, 0.05) is 6.54 Å². The van der Waals surface area contributed by atoms with Gasteiger partial charge in [-0.1, -0.05) is 6.07 Å². The number of benzene rings is 1. The third-order valence-corrected chi connectivity index (χ3v) is 3.88. The number of carboxylic acids is 1. The maximum atomic E-state index is 13.7. The monoisotopic (exact) mass is 330 g/mol. The lowest BCUT2D eigenvalue weighted by Gasteiger charge is -2.23. The van der Waals surface area contributed by atoms with Crippen molar-refractivity contribution in [2.45, 2.75) is 26.3 Å². The third-order valence-electron chi connectivity index (χ3n) is 3.88. The first-order valence-corrected chi connectivity index (χ1v) is 6.92. The van der Waals surface area contributed by atoms with Gasteiger partial charge in [-0.15, -0.1) is 12.4 Å². The molecule has 1 aliphatic heterocycles. The van der Waals surface area contributed by atoms with Crippen molar-refractivity contribution in [1.82, 2.24) is 4.90 Å². The number of amides is 1. The molecule has 0 radical (unpaired) electrons. The first kappa shape index (κ1) is 18.4. The van der Waals surface area contributed by atoms with Crippen molar-refractivity contribution in [1.29, 1.82) is 0 Å². The predicted molar refractivity (Wildman–Crippen MR) is 83.8 cm³/mol. The molecular formula is C15H20ClFN2O3. The number of nitrogens with one attached hydrogen (secondary N) is 1. The molecule has 1 aromatic carbocycles. The number of rotatable bonds is 4. The first-order chi connectivity index (χ1) is 9.88. The van der Waals surface area contributed by atoms with Crippen LogP contribution in [0, 0.1) is 18.7 Å². The molecule has 1 amide bonds. The average Bonchev–Trinajstić information content (AvgIpc) is 2.90. The second kappa shape index (κ2) is 7.56. The van der Waals surface area contributed by atoms with E-state index in [0.717, 1.165) is 5.56 Å². The van der Waals surface area contributed by atoms with Crippen molar-refractivity contribution in [3.05, 3.63) is 29.6 Å². The van der Waals surface area contributed by atoms with Crippen molar-refractivity contribution >= 4 is 30.0 Å². The Bertz CT molecular complexity index is 568. The van der Waals surface area contributed by atoms with E-state index in [9.17, 15) is 14.0 Å². The average molecular weight is 331 g/mol. The molecule has 2 unspecified atom stereocenters. The number of carbonyl (C=O) groups is 2. The Hall–Kier alpha value is -1.66. The molecule has 7 heteroatoms. The van der Waals surface area contributed by atoms with Crippen molar-refractivity contribution in [2.75, 3.05) is 18.4 Å². The Labute approximate surface area is 134 Å². The van der Waals surface area contributed by atoms with Gasteiger partial charge in [0.1, 0.15) is 5.82 Å². The minimum Gasteiger partial charge on any atom is -0.481 e. The van der Waals surface area contributed by atoms with Crippen molar-refractivity contribution in [2.24, 2.45) is 5.92 Å². The molecule has 2 N–H and O–H groups in total. The molecule has 0 aromatic heterocycles. The van der Waals surface area contributed by atoms with E-state index in [1.807, 2.05) is 0 Å². The lowest BCUT2D eigenvalue weighted by molar-refractivity contribution is -0.141. The van der Waals surface area contributed by atoms with Gasteiger partial charge in [0.25, 0.3) is 0 Å². The van der Waals surface area contributed by atoms with Crippen LogP contribution in [0.1, 0.15) is 18.9 Å². The number of carboxylic acid groups (broad SMARTS) is 1. The highest BCUT2D eigenvalue weighted by atomic mass is 35.5. The highest BCUT2D eigenvalue weighted by Gasteiger charge is 2.33. The van der Waals surface area contributed by atoms with Gasteiger partial charge in [0.05, 0.1) is 17.6 Å². The molecule has 2 rings (SSSR count). The van der Waals surface area contributed by atoms with Crippen molar-refractivity contribution in [3.63, 3.8) is 0 Å². The smallest absolute Gasteiger partial charge is 0.307 e. The summed E-state index contributed by atoms with van der Waals surface area (Å²) in [5, 5.41) is 11.5. The van der Waals surface area contributed by atoms with Gasteiger partial charge >= 0.3 is 5.97 Å². The highest BCUT2D eigenvalue weighted by Crippen LogP contribution is 2.20. The van der Waals surface area contributed by atoms with Crippen LogP contribution in [0.2, 0.25) is 0 Å². The van der Waals surface area contributed by atoms with E-state index < -0.39 is 23.7 Å². The molecule has 1 saturated heterocycles. The van der Waals surface area contributed by atoms with Crippen LogP contribution in [0.3, 0.4) is 0 Å². The minimum absolute atomic E-state index is 0. The van der Waals surface area contributed by atoms with Gasteiger partial charge in [0.2, 0.25) is 5.91 Å². The minimum atomic E-state index is -0.838. The fraction of sp³-hybridized carbons (Fsp3) is 0.467. The second-order valence-electron chi connectivity index (χ2n) is 5.47. The number of halogens is 2. The van der Waals surface area contributed by atoms with Gasteiger partial charge in [-0.05, 0) is 44.5 Å². The van der Waals surface area contributed by atoms with Crippen molar-refractivity contribution < 1.29 is 19.1 Å². The van der Waals surface area contributed by atoms with Crippen LogP contribution < -0.4 is 5.32 Å². The molecule has 0 saturated carbocycles. The van der Waals surface area contributed by atoms with E-state index >= 15 is 0 Å². The van der Waals surface area contributed by atoms with Gasteiger partial charge in [0.15, 0.2) is 0 Å². The number of hydrogen-bond acceptors (Lipinski definition) is 3. The van der Waals surface area contributed by atoms with Crippen molar-refractivity contribution in [3.8, 4) is 0 Å². The third kappa shape index (κ3) is 4.18. The van der Waals surface area contributed by atoms with Gasteiger partial charge in [-0.2, -0.15) is 0 Å². The van der Waals surface area contributed by atoms with E-state index in [0.29, 0.717) is 19.5 Å². The zero-order valence-corrected chi connectivity index (χ0v) is 13.3. The first-order valence-electron chi connectivity index (χ1n) is 6.92. The maximum Gasteiger partial charge on any atom is 0.307 e. The summed E-state index contributed by atoms with van der Waals surface area (Å²) >= 11 is 0. The summed E-state index contributed by atoms with van der Waals surface area (Å²) in [7, 11) is 0. The molecule has 22 heavy (non-hydrogen) atoms. The molecule has 1 heterocycles. The molecular weight excluding hydrogens is 311 g/mol. The largest absolute Gasteiger partial charge is 0.481 e. The number of aliphatic carboxylic acids is 1. The Morgan fingerprint density at radius 3 is 2.68 bits per heavy atom. The van der Waals surface area contributed by atoms with Crippen LogP contribution in [-0.2, 0) is 9.59 Å². The summed E-state index contributed by atoms with van der Waals surface area (Å²) in [5.41, 5.74) is 0.925. The number of hydrogen-bond donors (Lipinski definition) is 2. The van der Waals surface area contributed by atoms with Gasteiger partial charge in [-0.3, -0.25) is 14.5 Å². The van der Waals surface area contributed by atoms with Crippen LogP contribution in [-0.4, -0.2) is 41.0 Å². The summed E-state index contributed by atoms with van der Waals surface area (Å²) in [6.07, 6.45) is 0.534. The van der Waals surface area contributed by atoms with Crippen LogP contribution in [0.25, 0.3) is 0 Å². The maximum absolute atomic E-state index is 13.7. The van der Waals surface area contributed by atoms with Gasteiger partial charge < -0.3 is 10.4 Å². The summed E-state index contributed by atoms with van der Waals surface area (Å²) < 4.78 is 13.7. The zero-order chi connectivity index (χ0) is 15.6. The second-order valence-corrected chi connectivity index (χ2v) is 5.47. The Balaban J connectivity index is 0.00000242. The fourth-order valence-corrected chi connectivity index (χ4v) is 2.47. The number of anilines is 1. The van der Waals surface area contributed by atoms with E-state index in [1.165, 1.54) is 12.1 Å². The topological polar surface area (TPSA) is 69.6 Å². The molecule has 2 atom stereocenters. The SMILES string of the molecule is Cc1ccc(NC(=O)C(C)N2CCC(C(=O)O)C2)c(F)c1.Cl. The molecule has 1 aromatic rings. The summed E-state index contributed by atoms with van der Waals surface area (Å²) in [6, 6.07) is 4.12. The molecule has 0 spiro atoms. The highest BCUT2D eigenvalue weighted by molar-refractivity contribution is 5.94. The molecule has 0 aliphatic carbocycles. The van der Waals surface area contributed by atoms with Crippen LogP contribution >= 0.6 is 12.4 Å². The fourth-order valence-electron chi connectivity index (χ4n) is 2.47. The zero-order valence-electron chi connectivity index (χ0n) is 12.5. The van der Waals surface area contributed by atoms with E-state index in [2.05, 4.69) is 5.32 Å². The lowest BCUT2D eigenvalue weighted by atomic mass is 10.1. The summed E-state index contributed by atoms with van der Waals surface area (Å²) in [5.74, 6) is -2.07. The number of nitrogens with zero attached hydrogens (tertiary/aromatic N) is 1. The summed E-state index contributed by atoms with van der Waals surface area (Å²) in [4.78, 5) is 24.9. The predicted octanol–water partition coefficient (Wildman–Crippen LogP) is 2.29. The number of carbonyl (C=O) groups excluding carboxylic acids is 1. The van der Waals surface area contributed by atoms with Crippen LogP contribution in [0.15, 0.2) is 18.2 Å². The normalized spacial score (nSPS) is 19.3. The van der Waals surface area contributed by atoms with Crippen LogP contribution in [0.4, 0.5) is 10.1 Å². The van der Waals surface area contributed by atoms with Crippen LogP contribution in [0.5, 0.6) is 0 Å².